The molecule has 2 aliphatic heterocycles. The van der Waals surface area contributed by atoms with Gasteiger partial charge in [0.05, 0.1) is 6.04 Å². The molecular formula is C15H20N6O3. The van der Waals surface area contributed by atoms with Crippen LogP contribution in [0.15, 0.2) is 16.5 Å². The first-order valence-corrected chi connectivity index (χ1v) is 8.13. The van der Waals surface area contributed by atoms with E-state index in [9.17, 15) is 4.79 Å². The fraction of sp³-hybridized carbons (Fsp3) is 0.533. The zero-order chi connectivity index (χ0) is 16.7. The van der Waals surface area contributed by atoms with Crippen molar-refractivity contribution in [3.63, 3.8) is 0 Å². The number of carbonyl (C=O) groups excluding carboxylic acids is 1. The highest BCUT2D eigenvalue weighted by atomic mass is 16.4. The minimum atomic E-state index is -0.141. The topological polar surface area (TPSA) is 99.7 Å². The summed E-state index contributed by atoms with van der Waals surface area (Å²) in [5.41, 5.74) is 0. The molecule has 2 aliphatic rings. The number of hydrogen-bond donors (Lipinski definition) is 2. The van der Waals surface area contributed by atoms with E-state index in [1.807, 2.05) is 16.4 Å². The van der Waals surface area contributed by atoms with E-state index in [0.29, 0.717) is 37.0 Å². The Kier molecular flexibility index (Phi) is 3.64. The molecule has 0 saturated carbocycles. The predicted molar refractivity (Wildman–Crippen MR) is 85.4 cm³/mol. The normalized spacial score (nSPS) is 20.4. The van der Waals surface area contributed by atoms with Gasteiger partial charge in [0.15, 0.2) is 5.76 Å². The van der Waals surface area contributed by atoms with E-state index in [1.165, 1.54) is 0 Å². The largest absolute Gasteiger partial charge is 0.455 e. The molecular weight excluding hydrogens is 312 g/mol. The summed E-state index contributed by atoms with van der Waals surface area (Å²) in [6.45, 7) is 5.40. The molecule has 0 aromatic carbocycles. The van der Waals surface area contributed by atoms with Gasteiger partial charge in [-0.3, -0.25) is 4.57 Å². The molecule has 9 heteroatoms. The Labute approximate surface area is 138 Å². The SMILES string of the molecule is CCn1c(-c2ccc(CO)o2)nnc1N1CCN2C(=O)NCC2C1. The zero-order valence-corrected chi connectivity index (χ0v) is 13.5. The molecule has 2 N–H and O–H groups in total. The van der Waals surface area contributed by atoms with Crippen molar-refractivity contribution in [2.45, 2.75) is 26.1 Å². The molecule has 128 valence electrons. The van der Waals surface area contributed by atoms with Crippen molar-refractivity contribution in [3.05, 3.63) is 17.9 Å². The van der Waals surface area contributed by atoms with Gasteiger partial charge in [0, 0.05) is 32.7 Å². The van der Waals surface area contributed by atoms with E-state index in [-0.39, 0.29) is 18.7 Å². The van der Waals surface area contributed by atoms with Crippen LogP contribution in [-0.4, -0.2) is 63.0 Å². The number of nitrogens with zero attached hydrogens (tertiary/aromatic N) is 5. The van der Waals surface area contributed by atoms with Crippen molar-refractivity contribution >= 4 is 12.0 Å². The van der Waals surface area contributed by atoms with E-state index in [0.717, 1.165) is 19.0 Å². The van der Waals surface area contributed by atoms with Crippen molar-refractivity contribution in [1.82, 2.24) is 25.0 Å². The molecule has 0 radical (unpaired) electrons. The maximum atomic E-state index is 11.7. The molecule has 0 spiro atoms. The number of anilines is 1. The molecule has 4 rings (SSSR count). The summed E-state index contributed by atoms with van der Waals surface area (Å²) < 4.78 is 7.59. The Balaban J connectivity index is 1.61. The first-order chi connectivity index (χ1) is 11.7. The van der Waals surface area contributed by atoms with Crippen LogP contribution in [-0.2, 0) is 13.2 Å². The van der Waals surface area contributed by atoms with Crippen LogP contribution in [0.1, 0.15) is 12.7 Å². The van der Waals surface area contributed by atoms with Crippen molar-refractivity contribution < 1.29 is 14.3 Å². The van der Waals surface area contributed by atoms with Gasteiger partial charge < -0.3 is 24.6 Å². The standard InChI is InChI=1S/C15H20N6O3/c1-2-20-13(12-4-3-11(9-22)24-12)17-18-14(20)19-5-6-21-10(8-19)7-16-15(21)23/h3-4,10,22H,2,5-9H2,1H3,(H,16,23). The van der Waals surface area contributed by atoms with E-state index in [1.54, 1.807) is 12.1 Å². The van der Waals surface area contributed by atoms with Gasteiger partial charge in [0.25, 0.3) is 0 Å². The number of aliphatic hydroxyl groups excluding tert-OH is 1. The highest BCUT2D eigenvalue weighted by Crippen LogP contribution is 2.26. The molecule has 9 nitrogen and oxygen atoms in total. The number of piperazine rings is 1. The van der Waals surface area contributed by atoms with Gasteiger partial charge >= 0.3 is 6.03 Å². The van der Waals surface area contributed by atoms with Crippen LogP contribution in [0.25, 0.3) is 11.6 Å². The third kappa shape index (κ3) is 2.32. The minimum absolute atomic E-state index is 0.0180. The van der Waals surface area contributed by atoms with Crippen LogP contribution in [0, 0.1) is 0 Å². The average Bonchev–Trinajstić information content (AvgIpc) is 3.31. The summed E-state index contributed by atoms with van der Waals surface area (Å²) in [5.74, 6) is 2.53. The molecule has 1 atom stereocenters. The number of fused-ring (bicyclic) bond motifs is 1. The Bertz CT molecular complexity index is 754. The molecule has 0 aliphatic carbocycles. The number of amides is 2. The maximum absolute atomic E-state index is 11.7. The number of furan rings is 1. The molecule has 2 fully saturated rings. The van der Waals surface area contributed by atoms with Gasteiger partial charge in [-0.15, -0.1) is 10.2 Å². The zero-order valence-electron chi connectivity index (χ0n) is 13.5. The van der Waals surface area contributed by atoms with Gasteiger partial charge in [0.2, 0.25) is 11.8 Å². The Hall–Kier alpha value is -2.55. The second-order valence-electron chi connectivity index (χ2n) is 5.97. The summed E-state index contributed by atoms with van der Waals surface area (Å²) in [6, 6.07) is 3.71. The van der Waals surface area contributed by atoms with Crippen LogP contribution in [0.2, 0.25) is 0 Å². The number of carbonyl (C=O) groups is 1. The van der Waals surface area contributed by atoms with E-state index < -0.39 is 0 Å². The average molecular weight is 332 g/mol. The number of aromatic nitrogens is 3. The molecule has 2 aromatic heterocycles. The van der Waals surface area contributed by atoms with Crippen LogP contribution in [0.3, 0.4) is 0 Å². The number of hydrogen-bond acceptors (Lipinski definition) is 6. The summed E-state index contributed by atoms with van der Waals surface area (Å²) >= 11 is 0. The van der Waals surface area contributed by atoms with Gasteiger partial charge in [-0.1, -0.05) is 0 Å². The minimum Gasteiger partial charge on any atom is -0.455 e. The number of rotatable bonds is 4. The van der Waals surface area contributed by atoms with Gasteiger partial charge in [-0.05, 0) is 19.1 Å². The lowest BCUT2D eigenvalue weighted by molar-refractivity contribution is 0.197. The number of urea groups is 1. The summed E-state index contributed by atoms with van der Waals surface area (Å²) in [4.78, 5) is 15.8. The second-order valence-corrected chi connectivity index (χ2v) is 5.97. The lowest BCUT2D eigenvalue weighted by Gasteiger charge is -2.36. The molecule has 1 unspecified atom stereocenters. The summed E-state index contributed by atoms with van der Waals surface area (Å²) in [5, 5.41) is 20.7. The lowest BCUT2D eigenvalue weighted by Crippen LogP contribution is -2.52. The molecule has 24 heavy (non-hydrogen) atoms. The highest BCUT2D eigenvalue weighted by Gasteiger charge is 2.37. The smallest absolute Gasteiger partial charge is 0.317 e. The van der Waals surface area contributed by atoms with Gasteiger partial charge in [0.1, 0.15) is 12.4 Å². The quantitative estimate of drug-likeness (QED) is 0.833. The van der Waals surface area contributed by atoms with Crippen LogP contribution in [0.5, 0.6) is 0 Å². The molecule has 4 heterocycles. The Morgan fingerprint density at radius 1 is 1.38 bits per heavy atom. The fourth-order valence-electron chi connectivity index (χ4n) is 3.37. The highest BCUT2D eigenvalue weighted by molar-refractivity contribution is 5.77. The van der Waals surface area contributed by atoms with Crippen LogP contribution >= 0.6 is 0 Å². The van der Waals surface area contributed by atoms with Crippen molar-refractivity contribution in [1.29, 1.82) is 0 Å². The first kappa shape index (κ1) is 15.0. The van der Waals surface area contributed by atoms with Crippen molar-refractivity contribution in [2.75, 3.05) is 31.1 Å². The second kappa shape index (κ2) is 5.82. The Morgan fingerprint density at radius 2 is 2.25 bits per heavy atom. The van der Waals surface area contributed by atoms with E-state index in [4.69, 9.17) is 9.52 Å². The molecule has 0 bridgehead atoms. The third-order valence-electron chi connectivity index (χ3n) is 4.60. The first-order valence-electron chi connectivity index (χ1n) is 8.13. The maximum Gasteiger partial charge on any atom is 0.317 e. The van der Waals surface area contributed by atoms with Crippen molar-refractivity contribution in [2.24, 2.45) is 0 Å². The van der Waals surface area contributed by atoms with Gasteiger partial charge in [-0.25, -0.2) is 4.79 Å². The molecule has 2 saturated heterocycles. The summed E-state index contributed by atoms with van der Waals surface area (Å²) in [7, 11) is 0. The van der Waals surface area contributed by atoms with Gasteiger partial charge in [-0.2, -0.15) is 0 Å². The third-order valence-corrected chi connectivity index (χ3v) is 4.60. The van der Waals surface area contributed by atoms with E-state index in [2.05, 4.69) is 20.4 Å². The Morgan fingerprint density at radius 3 is 3.00 bits per heavy atom. The van der Waals surface area contributed by atoms with E-state index >= 15 is 0 Å². The molecule has 2 aromatic rings. The van der Waals surface area contributed by atoms with Crippen molar-refractivity contribution in [3.8, 4) is 11.6 Å². The van der Waals surface area contributed by atoms with Crippen LogP contribution < -0.4 is 10.2 Å². The number of nitrogens with one attached hydrogen (secondary N) is 1. The summed E-state index contributed by atoms with van der Waals surface area (Å²) in [6.07, 6.45) is 0. The molecule has 2 amide bonds. The fourth-order valence-corrected chi connectivity index (χ4v) is 3.37. The number of aliphatic hydroxyl groups is 1. The monoisotopic (exact) mass is 332 g/mol. The predicted octanol–water partition coefficient (Wildman–Crippen LogP) is 0.264. The lowest BCUT2D eigenvalue weighted by atomic mass is 10.2. The van der Waals surface area contributed by atoms with Crippen LogP contribution in [0.4, 0.5) is 10.7 Å².